The molecule has 0 aromatic heterocycles. The fraction of sp³-hybridized carbons (Fsp3) is 0.444. The number of amides is 1. The lowest BCUT2D eigenvalue weighted by Crippen LogP contribution is -2.38. The monoisotopic (exact) mass is 499 g/mol. The Morgan fingerprint density at radius 3 is 2.20 bits per heavy atom. The van der Waals surface area contributed by atoms with Crippen molar-refractivity contribution in [2.75, 3.05) is 26.0 Å². The molecule has 1 aliphatic rings. The van der Waals surface area contributed by atoms with Gasteiger partial charge < -0.3 is 19.5 Å². The van der Waals surface area contributed by atoms with Crippen molar-refractivity contribution in [2.45, 2.75) is 51.0 Å². The predicted octanol–water partition coefficient (Wildman–Crippen LogP) is 5.32. The highest BCUT2D eigenvalue weighted by atomic mass is 32.2. The predicted molar refractivity (Wildman–Crippen MR) is 136 cm³/mol. The Morgan fingerprint density at radius 1 is 1.09 bits per heavy atom. The zero-order chi connectivity index (χ0) is 25.9. The highest BCUT2D eigenvalue weighted by molar-refractivity contribution is 7.98. The third-order valence-corrected chi connectivity index (χ3v) is 7.08. The van der Waals surface area contributed by atoms with Crippen molar-refractivity contribution < 1.29 is 29.0 Å². The molecule has 0 aliphatic carbocycles. The molecule has 3 rings (SSSR count). The molecule has 1 heterocycles. The van der Waals surface area contributed by atoms with Gasteiger partial charge in [0.2, 0.25) is 0 Å². The fourth-order valence-corrected chi connectivity index (χ4v) is 4.81. The molecule has 0 radical (unpaired) electrons. The molecule has 0 bridgehead atoms. The van der Waals surface area contributed by atoms with Crippen molar-refractivity contribution in [2.24, 2.45) is 5.92 Å². The van der Waals surface area contributed by atoms with E-state index in [-0.39, 0.29) is 24.9 Å². The van der Waals surface area contributed by atoms with E-state index < -0.39 is 23.6 Å². The van der Waals surface area contributed by atoms with Gasteiger partial charge >= 0.3 is 12.1 Å². The molecule has 188 valence electrons. The van der Waals surface area contributed by atoms with Crippen LogP contribution in [0.1, 0.15) is 53.7 Å². The van der Waals surface area contributed by atoms with Gasteiger partial charge in [-0.3, -0.25) is 4.79 Å². The molecule has 1 aliphatic heterocycles. The number of nitrogens with zero attached hydrogens (tertiary/aromatic N) is 1. The topological polar surface area (TPSA) is 93.1 Å². The summed E-state index contributed by atoms with van der Waals surface area (Å²) in [6, 6.07) is 11.4. The number of thioether (sulfide) groups is 1. The first kappa shape index (κ1) is 26.6. The third kappa shape index (κ3) is 5.81. The molecule has 0 spiro atoms. The molecular weight excluding hydrogens is 466 g/mol. The number of carboxylic acids is 1. The van der Waals surface area contributed by atoms with E-state index in [4.69, 9.17) is 9.47 Å². The van der Waals surface area contributed by atoms with Crippen molar-refractivity contribution >= 4 is 29.6 Å². The van der Waals surface area contributed by atoms with Crippen molar-refractivity contribution in [1.29, 1.82) is 0 Å². The van der Waals surface area contributed by atoms with E-state index >= 15 is 0 Å². The van der Waals surface area contributed by atoms with Crippen molar-refractivity contribution in [1.82, 2.24) is 4.90 Å². The van der Waals surface area contributed by atoms with E-state index in [1.807, 2.05) is 56.5 Å². The van der Waals surface area contributed by atoms with Crippen LogP contribution in [-0.4, -0.2) is 59.4 Å². The zero-order valence-corrected chi connectivity index (χ0v) is 21.9. The van der Waals surface area contributed by atoms with Gasteiger partial charge in [0.25, 0.3) is 0 Å². The Bertz CT molecular complexity index is 1090. The van der Waals surface area contributed by atoms with Crippen LogP contribution in [0.15, 0.2) is 41.3 Å². The van der Waals surface area contributed by atoms with Crippen LogP contribution >= 0.6 is 11.8 Å². The SMILES string of the molecule is CCOC(=O)N1CC(C(=O)c2ccc(SC)cc2)[C@@H](c2cc(C)c(OC(C)(C)C(=O)O)c(C)c2)C1. The normalized spacial score (nSPS) is 17.8. The summed E-state index contributed by atoms with van der Waals surface area (Å²) in [5.74, 6) is -1.22. The van der Waals surface area contributed by atoms with Crippen molar-refractivity contribution in [3.8, 4) is 5.75 Å². The maximum Gasteiger partial charge on any atom is 0.409 e. The molecule has 2 atom stereocenters. The maximum absolute atomic E-state index is 13.6. The average Bonchev–Trinajstić information content (AvgIpc) is 3.26. The molecule has 2 aromatic carbocycles. The second-order valence-electron chi connectivity index (χ2n) is 9.31. The van der Waals surface area contributed by atoms with Gasteiger partial charge in [-0.1, -0.05) is 24.3 Å². The molecule has 1 fully saturated rings. The Hall–Kier alpha value is -3.00. The van der Waals surface area contributed by atoms with Gasteiger partial charge in [0, 0.05) is 35.4 Å². The Morgan fingerprint density at radius 2 is 1.69 bits per heavy atom. The highest BCUT2D eigenvalue weighted by Gasteiger charge is 2.41. The Kier molecular flexibility index (Phi) is 8.15. The van der Waals surface area contributed by atoms with E-state index in [0.29, 0.717) is 17.9 Å². The number of carboxylic acid groups (broad SMARTS) is 1. The van der Waals surface area contributed by atoms with Crippen LogP contribution in [0.4, 0.5) is 4.79 Å². The number of rotatable bonds is 8. The number of aliphatic carboxylic acids is 1. The van der Waals surface area contributed by atoms with Crippen LogP contribution in [0, 0.1) is 19.8 Å². The van der Waals surface area contributed by atoms with Crippen LogP contribution in [0.25, 0.3) is 0 Å². The number of ketones is 1. The first-order chi connectivity index (χ1) is 16.5. The number of carbonyl (C=O) groups excluding carboxylic acids is 2. The smallest absolute Gasteiger partial charge is 0.409 e. The standard InChI is InChI=1S/C27H33NO6S/c1-7-33-26(32)28-14-21(22(15-28)23(29)18-8-10-20(35-6)11-9-18)19-12-16(2)24(17(3)13-19)34-27(4,5)25(30)31/h8-13,21-22H,7,14-15H2,1-6H3,(H,30,31)/t21-,22?/m1/s1. The minimum Gasteiger partial charge on any atom is -0.478 e. The molecule has 1 amide bonds. The summed E-state index contributed by atoms with van der Waals surface area (Å²) in [4.78, 5) is 40.3. The Balaban J connectivity index is 1.97. The summed E-state index contributed by atoms with van der Waals surface area (Å²) in [7, 11) is 0. The summed E-state index contributed by atoms with van der Waals surface area (Å²) >= 11 is 1.61. The number of likely N-dealkylation sites (tertiary alicyclic amines) is 1. The van der Waals surface area contributed by atoms with E-state index in [9.17, 15) is 19.5 Å². The molecule has 1 N–H and O–H groups in total. The molecule has 8 heteroatoms. The molecule has 2 aromatic rings. The van der Waals surface area contributed by atoms with Crippen LogP contribution in [0.2, 0.25) is 0 Å². The van der Waals surface area contributed by atoms with E-state index in [2.05, 4.69) is 0 Å². The van der Waals surface area contributed by atoms with Gasteiger partial charge in [-0.25, -0.2) is 9.59 Å². The van der Waals surface area contributed by atoms with Crippen LogP contribution < -0.4 is 4.74 Å². The van der Waals surface area contributed by atoms with Gasteiger partial charge in [-0.15, -0.1) is 11.8 Å². The first-order valence-electron chi connectivity index (χ1n) is 11.6. The van der Waals surface area contributed by atoms with Crippen LogP contribution in [0.5, 0.6) is 5.75 Å². The summed E-state index contributed by atoms with van der Waals surface area (Å²) < 4.78 is 11.1. The maximum atomic E-state index is 13.6. The summed E-state index contributed by atoms with van der Waals surface area (Å²) in [5, 5.41) is 9.46. The minimum atomic E-state index is -1.38. The molecule has 1 saturated heterocycles. The number of hydrogen-bond acceptors (Lipinski definition) is 6. The number of hydrogen-bond donors (Lipinski definition) is 1. The van der Waals surface area contributed by atoms with Gasteiger partial charge in [-0.2, -0.15) is 0 Å². The lowest BCUT2D eigenvalue weighted by atomic mass is 9.82. The molecule has 1 unspecified atom stereocenters. The van der Waals surface area contributed by atoms with Crippen LogP contribution in [0.3, 0.4) is 0 Å². The number of ether oxygens (including phenoxy) is 2. The first-order valence-corrected chi connectivity index (χ1v) is 12.8. The lowest BCUT2D eigenvalue weighted by Gasteiger charge is -2.26. The molecular formula is C27H33NO6S. The minimum absolute atomic E-state index is 0.0166. The van der Waals surface area contributed by atoms with E-state index in [1.54, 1.807) is 23.6 Å². The summed E-state index contributed by atoms with van der Waals surface area (Å²) in [5.41, 5.74) is 1.69. The van der Waals surface area contributed by atoms with Crippen molar-refractivity contribution in [3.63, 3.8) is 0 Å². The molecule has 0 saturated carbocycles. The summed E-state index contributed by atoms with van der Waals surface area (Å²) in [6.45, 7) is 9.39. The fourth-order valence-electron chi connectivity index (χ4n) is 4.40. The number of carbonyl (C=O) groups is 3. The largest absolute Gasteiger partial charge is 0.478 e. The average molecular weight is 500 g/mol. The van der Waals surface area contributed by atoms with Gasteiger partial charge in [-0.05, 0) is 69.7 Å². The molecule has 7 nitrogen and oxygen atoms in total. The van der Waals surface area contributed by atoms with E-state index in [0.717, 1.165) is 21.6 Å². The Labute approximate surface area is 210 Å². The zero-order valence-electron chi connectivity index (χ0n) is 21.1. The lowest BCUT2D eigenvalue weighted by molar-refractivity contribution is -0.152. The van der Waals surface area contributed by atoms with E-state index in [1.165, 1.54) is 13.8 Å². The summed E-state index contributed by atoms with van der Waals surface area (Å²) in [6.07, 6.45) is 1.55. The number of aryl methyl sites for hydroxylation is 2. The second kappa shape index (κ2) is 10.7. The van der Waals surface area contributed by atoms with Gasteiger partial charge in [0.15, 0.2) is 11.4 Å². The van der Waals surface area contributed by atoms with Crippen LogP contribution in [-0.2, 0) is 9.53 Å². The molecule has 35 heavy (non-hydrogen) atoms. The quantitative estimate of drug-likeness (QED) is 0.388. The van der Waals surface area contributed by atoms with Gasteiger partial charge in [0.05, 0.1) is 6.61 Å². The second-order valence-corrected chi connectivity index (χ2v) is 10.2. The number of benzene rings is 2. The third-order valence-electron chi connectivity index (χ3n) is 6.34. The van der Waals surface area contributed by atoms with Gasteiger partial charge in [0.1, 0.15) is 5.75 Å². The number of Topliss-reactive ketones (excluding diaryl/α,β-unsaturated/α-hetero) is 1. The highest BCUT2D eigenvalue weighted by Crippen LogP contribution is 2.39. The van der Waals surface area contributed by atoms with Crippen molar-refractivity contribution in [3.05, 3.63) is 58.7 Å².